The number of aliphatic hydroxyl groups excluding tert-OH is 1. The van der Waals surface area contributed by atoms with Crippen molar-refractivity contribution in [2.75, 3.05) is 0 Å². The lowest BCUT2D eigenvalue weighted by Gasteiger charge is -2.03. The molecule has 0 bridgehead atoms. The molecule has 0 spiro atoms. The summed E-state index contributed by atoms with van der Waals surface area (Å²) in [6, 6.07) is 0.571. The molecular formula is C7H5F4NO. The van der Waals surface area contributed by atoms with Gasteiger partial charge < -0.3 is 5.11 Å². The highest BCUT2D eigenvalue weighted by Gasteiger charge is 2.19. The lowest BCUT2D eigenvalue weighted by molar-refractivity contribution is 0.138. The van der Waals surface area contributed by atoms with Crippen LogP contribution in [0.4, 0.5) is 17.6 Å². The van der Waals surface area contributed by atoms with E-state index in [1.165, 1.54) is 0 Å². The Morgan fingerprint density at radius 2 is 2.00 bits per heavy atom. The van der Waals surface area contributed by atoms with Crippen LogP contribution in [0.15, 0.2) is 6.07 Å². The van der Waals surface area contributed by atoms with Crippen molar-refractivity contribution in [3.8, 4) is 0 Å². The number of hydrogen-bond acceptors (Lipinski definition) is 2. The summed E-state index contributed by atoms with van der Waals surface area (Å²) in [6.07, 6.45) is -3.19. The molecular weight excluding hydrogens is 190 g/mol. The largest absolute Gasteiger partial charge is 0.390 e. The number of aliphatic hydroxyl groups is 1. The van der Waals surface area contributed by atoms with Gasteiger partial charge in [-0.25, -0.2) is 22.5 Å². The van der Waals surface area contributed by atoms with Gasteiger partial charge >= 0.3 is 0 Å². The summed E-state index contributed by atoms with van der Waals surface area (Å²) in [5.41, 5.74) is -1.60. The van der Waals surface area contributed by atoms with Crippen LogP contribution in [-0.2, 0) is 6.61 Å². The second-order valence-electron chi connectivity index (χ2n) is 2.25. The van der Waals surface area contributed by atoms with Gasteiger partial charge in [0.25, 0.3) is 6.43 Å². The summed E-state index contributed by atoms with van der Waals surface area (Å²) < 4.78 is 49.0. The topological polar surface area (TPSA) is 33.1 Å². The van der Waals surface area contributed by atoms with E-state index >= 15 is 0 Å². The van der Waals surface area contributed by atoms with E-state index in [4.69, 9.17) is 5.11 Å². The molecule has 0 aliphatic rings. The standard InChI is InChI=1S/C7H5F4NO/c8-4-1-3(2-13)12-6(5(4)9)7(10)11/h1,7,13H,2H2. The van der Waals surface area contributed by atoms with Crippen molar-refractivity contribution < 1.29 is 22.7 Å². The van der Waals surface area contributed by atoms with Gasteiger partial charge in [0, 0.05) is 6.07 Å². The van der Waals surface area contributed by atoms with Gasteiger partial charge in [-0.1, -0.05) is 0 Å². The predicted octanol–water partition coefficient (Wildman–Crippen LogP) is 1.79. The third-order valence-corrected chi connectivity index (χ3v) is 1.36. The highest BCUT2D eigenvalue weighted by molar-refractivity contribution is 5.15. The summed E-state index contributed by atoms with van der Waals surface area (Å²) in [6.45, 7) is -0.711. The highest BCUT2D eigenvalue weighted by atomic mass is 19.3. The zero-order valence-electron chi connectivity index (χ0n) is 6.27. The van der Waals surface area contributed by atoms with Crippen molar-refractivity contribution in [3.63, 3.8) is 0 Å². The average Bonchev–Trinajstić information content (AvgIpc) is 2.09. The highest BCUT2D eigenvalue weighted by Crippen LogP contribution is 2.22. The van der Waals surface area contributed by atoms with E-state index in [0.717, 1.165) is 0 Å². The number of hydrogen-bond donors (Lipinski definition) is 1. The zero-order valence-corrected chi connectivity index (χ0v) is 6.27. The third kappa shape index (κ3) is 1.95. The molecule has 6 heteroatoms. The first-order valence-corrected chi connectivity index (χ1v) is 3.30. The van der Waals surface area contributed by atoms with Crippen molar-refractivity contribution >= 4 is 0 Å². The molecule has 0 radical (unpaired) electrons. The smallest absolute Gasteiger partial charge is 0.283 e. The van der Waals surface area contributed by atoms with Crippen LogP contribution in [0.5, 0.6) is 0 Å². The summed E-state index contributed by atoms with van der Waals surface area (Å²) in [5.74, 6) is -3.11. The van der Waals surface area contributed by atoms with Crippen LogP contribution in [-0.4, -0.2) is 10.1 Å². The molecule has 0 atom stereocenters. The Morgan fingerprint density at radius 3 is 2.46 bits per heavy atom. The summed E-state index contributed by atoms with van der Waals surface area (Å²) in [4.78, 5) is 3.04. The lowest BCUT2D eigenvalue weighted by Crippen LogP contribution is -2.03. The lowest BCUT2D eigenvalue weighted by atomic mass is 10.3. The fraction of sp³-hybridized carbons (Fsp3) is 0.286. The minimum absolute atomic E-state index is 0.325. The second-order valence-corrected chi connectivity index (χ2v) is 2.25. The Labute approximate surface area is 70.8 Å². The number of alkyl halides is 2. The van der Waals surface area contributed by atoms with Crippen LogP contribution < -0.4 is 0 Å². The second kappa shape index (κ2) is 3.69. The van der Waals surface area contributed by atoms with Crippen molar-refractivity contribution in [3.05, 3.63) is 29.1 Å². The number of rotatable bonds is 2. The van der Waals surface area contributed by atoms with E-state index in [1.54, 1.807) is 0 Å². The van der Waals surface area contributed by atoms with E-state index in [0.29, 0.717) is 6.07 Å². The van der Waals surface area contributed by atoms with E-state index in [9.17, 15) is 17.6 Å². The molecule has 0 aliphatic carbocycles. The van der Waals surface area contributed by atoms with Crippen LogP contribution in [0.2, 0.25) is 0 Å². The molecule has 0 unspecified atom stereocenters. The fourth-order valence-electron chi connectivity index (χ4n) is 0.794. The Kier molecular flexibility index (Phi) is 2.82. The summed E-state index contributed by atoms with van der Waals surface area (Å²) >= 11 is 0. The van der Waals surface area contributed by atoms with Crippen molar-refractivity contribution in [1.29, 1.82) is 0 Å². The molecule has 1 aromatic rings. The van der Waals surface area contributed by atoms with E-state index in [1.807, 2.05) is 0 Å². The van der Waals surface area contributed by atoms with E-state index in [-0.39, 0.29) is 5.69 Å². The molecule has 72 valence electrons. The van der Waals surface area contributed by atoms with Crippen LogP contribution in [0.1, 0.15) is 17.8 Å². The molecule has 0 aliphatic heterocycles. The van der Waals surface area contributed by atoms with Crippen LogP contribution >= 0.6 is 0 Å². The van der Waals surface area contributed by atoms with Gasteiger partial charge in [0.2, 0.25) is 0 Å². The summed E-state index contributed by atoms with van der Waals surface area (Å²) in [7, 11) is 0. The van der Waals surface area contributed by atoms with Crippen molar-refractivity contribution in [2.45, 2.75) is 13.0 Å². The van der Waals surface area contributed by atoms with E-state index < -0.39 is 30.4 Å². The van der Waals surface area contributed by atoms with Crippen LogP contribution in [0.25, 0.3) is 0 Å². The van der Waals surface area contributed by atoms with E-state index in [2.05, 4.69) is 4.98 Å². The average molecular weight is 195 g/mol. The molecule has 0 amide bonds. The van der Waals surface area contributed by atoms with Crippen molar-refractivity contribution in [1.82, 2.24) is 4.98 Å². The van der Waals surface area contributed by atoms with Gasteiger partial charge in [-0.3, -0.25) is 0 Å². The van der Waals surface area contributed by atoms with Crippen LogP contribution in [0.3, 0.4) is 0 Å². The summed E-state index contributed by atoms with van der Waals surface area (Å²) in [5, 5.41) is 8.46. The maximum Gasteiger partial charge on any atom is 0.283 e. The molecule has 0 fully saturated rings. The fourth-order valence-corrected chi connectivity index (χ4v) is 0.794. The van der Waals surface area contributed by atoms with Crippen LogP contribution in [0, 0.1) is 11.6 Å². The maximum atomic E-state index is 12.6. The number of aromatic nitrogens is 1. The Balaban J connectivity index is 3.25. The monoisotopic (exact) mass is 195 g/mol. The Hall–Kier alpha value is -1.17. The van der Waals surface area contributed by atoms with Gasteiger partial charge in [-0.05, 0) is 0 Å². The van der Waals surface area contributed by atoms with Gasteiger partial charge in [-0.2, -0.15) is 0 Å². The first kappa shape index (κ1) is 9.91. The quantitative estimate of drug-likeness (QED) is 0.729. The third-order valence-electron chi connectivity index (χ3n) is 1.36. The van der Waals surface area contributed by atoms with Gasteiger partial charge in [0.15, 0.2) is 11.6 Å². The molecule has 1 aromatic heterocycles. The van der Waals surface area contributed by atoms with Crippen molar-refractivity contribution in [2.24, 2.45) is 0 Å². The first-order valence-electron chi connectivity index (χ1n) is 3.30. The molecule has 0 saturated carbocycles. The molecule has 1 heterocycles. The normalized spacial score (nSPS) is 10.9. The SMILES string of the molecule is OCc1cc(F)c(F)c(C(F)F)n1. The van der Waals surface area contributed by atoms with Gasteiger partial charge in [-0.15, -0.1) is 0 Å². The molecule has 1 N–H and O–H groups in total. The molecule has 13 heavy (non-hydrogen) atoms. The number of halogens is 4. The Bertz CT molecular complexity index is 316. The molecule has 0 saturated heterocycles. The molecule has 0 aromatic carbocycles. The minimum atomic E-state index is -3.19. The zero-order chi connectivity index (χ0) is 10.0. The predicted molar refractivity (Wildman–Crippen MR) is 35.0 cm³/mol. The maximum absolute atomic E-state index is 12.6. The van der Waals surface area contributed by atoms with Gasteiger partial charge in [0.05, 0.1) is 12.3 Å². The molecule has 2 nitrogen and oxygen atoms in total. The van der Waals surface area contributed by atoms with Gasteiger partial charge in [0.1, 0.15) is 5.69 Å². The Morgan fingerprint density at radius 1 is 1.38 bits per heavy atom. The minimum Gasteiger partial charge on any atom is -0.390 e. The number of nitrogens with zero attached hydrogens (tertiary/aromatic N) is 1. The molecule has 1 rings (SSSR count). The number of pyridine rings is 1. The first-order chi connectivity index (χ1) is 6.06.